The number of carbonyl (C=O) groups is 4. The van der Waals surface area contributed by atoms with Crippen LogP contribution in [0.3, 0.4) is 0 Å². The van der Waals surface area contributed by atoms with E-state index in [-0.39, 0.29) is 65.3 Å². The van der Waals surface area contributed by atoms with Gasteiger partial charge in [0.1, 0.15) is 23.8 Å². The molecule has 3 unspecified atom stereocenters. The van der Waals surface area contributed by atoms with Crippen molar-refractivity contribution in [2.45, 2.75) is 112 Å². The Balaban J connectivity index is 1.60. The van der Waals surface area contributed by atoms with Crippen molar-refractivity contribution in [1.82, 2.24) is 0 Å². The van der Waals surface area contributed by atoms with Crippen LogP contribution in [0.15, 0.2) is 0 Å². The summed E-state index contributed by atoms with van der Waals surface area (Å²) in [5, 5.41) is 9.40. The van der Waals surface area contributed by atoms with Crippen molar-refractivity contribution in [2.75, 3.05) is 6.61 Å². The van der Waals surface area contributed by atoms with Gasteiger partial charge in [0, 0.05) is 50.5 Å². The van der Waals surface area contributed by atoms with Crippen LogP contribution in [0.4, 0.5) is 0 Å². The summed E-state index contributed by atoms with van der Waals surface area (Å²) in [5.74, 6) is 0.165. The predicted molar refractivity (Wildman–Crippen MR) is 142 cm³/mol. The van der Waals surface area contributed by atoms with Gasteiger partial charge in [-0.3, -0.25) is 19.2 Å². The smallest absolute Gasteiger partial charge is 0.302 e. The first kappa shape index (κ1) is 29.2. The van der Waals surface area contributed by atoms with Crippen LogP contribution in [0.2, 0.25) is 0 Å². The van der Waals surface area contributed by atoms with Gasteiger partial charge in [-0.05, 0) is 80.0 Å². The summed E-state index contributed by atoms with van der Waals surface area (Å²) in [6, 6.07) is 0. The summed E-state index contributed by atoms with van der Waals surface area (Å²) >= 11 is 0. The maximum Gasteiger partial charge on any atom is 0.302 e. The zero-order chi connectivity index (χ0) is 28.0. The second-order valence-corrected chi connectivity index (χ2v) is 13.6. The highest BCUT2D eigenvalue weighted by Gasteiger charge is 2.67. The molecule has 0 aromatic carbocycles. The molecule has 7 heteroatoms. The fourth-order valence-corrected chi connectivity index (χ4v) is 9.40. The average Bonchev–Trinajstić information content (AvgIpc) is 3.14. The Morgan fingerprint density at radius 1 is 1.00 bits per heavy atom. The number of aliphatic hydroxyl groups excluding tert-OH is 1. The average molecular weight is 533 g/mol. The van der Waals surface area contributed by atoms with E-state index in [1.165, 1.54) is 13.8 Å². The second-order valence-electron chi connectivity index (χ2n) is 13.6. The maximum absolute atomic E-state index is 14.2. The zero-order valence-corrected chi connectivity index (χ0v) is 24.2. The first-order chi connectivity index (χ1) is 17.8. The zero-order valence-electron chi connectivity index (χ0n) is 24.2. The van der Waals surface area contributed by atoms with E-state index in [0.29, 0.717) is 37.5 Å². The summed E-state index contributed by atoms with van der Waals surface area (Å²) in [7, 11) is 0. The van der Waals surface area contributed by atoms with E-state index in [4.69, 9.17) is 9.47 Å². The molecule has 4 fully saturated rings. The van der Waals surface area contributed by atoms with Crippen LogP contribution < -0.4 is 0 Å². The highest BCUT2D eigenvalue weighted by atomic mass is 16.5. The van der Waals surface area contributed by atoms with Crippen molar-refractivity contribution in [3.8, 4) is 0 Å². The van der Waals surface area contributed by atoms with Crippen LogP contribution in [0.5, 0.6) is 0 Å². The second kappa shape index (κ2) is 11.0. The number of Topliss-reactive ketones (excluding diaryl/α,β-unsaturated/α-hetero) is 2. The third-order valence-corrected chi connectivity index (χ3v) is 11.5. The monoisotopic (exact) mass is 532 g/mol. The molecule has 0 bridgehead atoms. The molecule has 4 rings (SSSR count). The molecule has 0 radical (unpaired) electrons. The minimum atomic E-state index is -0.697. The van der Waals surface area contributed by atoms with E-state index in [1.807, 2.05) is 13.8 Å². The Labute approximate surface area is 227 Å². The molecule has 4 aliphatic carbocycles. The maximum atomic E-state index is 14.2. The molecule has 0 aliphatic heterocycles. The van der Waals surface area contributed by atoms with Gasteiger partial charge in [0.25, 0.3) is 0 Å². The lowest BCUT2D eigenvalue weighted by molar-refractivity contribution is -0.168. The van der Waals surface area contributed by atoms with Gasteiger partial charge in [-0.25, -0.2) is 0 Å². The van der Waals surface area contributed by atoms with Gasteiger partial charge >= 0.3 is 11.9 Å². The number of ketones is 2. The highest BCUT2D eigenvalue weighted by Crippen LogP contribution is 2.67. The van der Waals surface area contributed by atoms with Gasteiger partial charge in [-0.2, -0.15) is 0 Å². The largest absolute Gasteiger partial charge is 0.463 e. The summed E-state index contributed by atoms with van der Waals surface area (Å²) in [4.78, 5) is 51.3. The first-order valence-electron chi connectivity index (χ1n) is 14.8. The molecular formula is C31H48O7. The lowest BCUT2D eigenvalue weighted by Gasteiger charge is -2.60. The van der Waals surface area contributed by atoms with Crippen LogP contribution >= 0.6 is 0 Å². The number of ether oxygens (including phenoxy) is 2. The Bertz CT molecular complexity index is 945. The Hall–Kier alpha value is -1.76. The molecule has 1 N–H and O–H groups in total. The topological polar surface area (TPSA) is 107 Å². The number of hydrogen-bond acceptors (Lipinski definition) is 7. The predicted octanol–water partition coefficient (Wildman–Crippen LogP) is 4.91. The van der Waals surface area contributed by atoms with Crippen LogP contribution in [-0.2, 0) is 28.7 Å². The Kier molecular flexibility index (Phi) is 8.47. The van der Waals surface area contributed by atoms with E-state index in [2.05, 4.69) is 13.8 Å². The fourth-order valence-electron chi connectivity index (χ4n) is 9.40. The molecule has 0 aromatic rings. The highest BCUT2D eigenvalue weighted by molar-refractivity contribution is 5.89. The minimum Gasteiger partial charge on any atom is -0.463 e. The molecule has 0 aromatic heterocycles. The number of carbonyl (C=O) groups excluding carboxylic acids is 4. The lowest BCUT2D eigenvalue weighted by atomic mass is 9.44. The van der Waals surface area contributed by atoms with Crippen LogP contribution in [0, 0.1) is 52.3 Å². The third-order valence-electron chi connectivity index (χ3n) is 11.5. The van der Waals surface area contributed by atoms with Crippen molar-refractivity contribution < 1.29 is 33.8 Å². The van der Waals surface area contributed by atoms with E-state index < -0.39 is 17.4 Å². The summed E-state index contributed by atoms with van der Waals surface area (Å²) < 4.78 is 11.5. The number of rotatable bonds is 8. The molecule has 7 nitrogen and oxygen atoms in total. The van der Waals surface area contributed by atoms with Crippen LogP contribution in [-0.4, -0.2) is 47.4 Å². The standard InChI is InChI=1S/C31H48O7/c1-17(16-32)7-10-26(35)18(2)29-27(38-20(4)34)14-25-23-9-8-21-13-22(37-19(3)33)11-12-30(21,5)24(23)15-28(36)31(25,29)6/h17-18,21-25,27,29,32H,7-16H2,1-6H3/t17-,18-,21+,22+,23?,24+,25?,27+,29?,30+,31-/m1/s1. The number of aliphatic hydroxyl groups is 1. The number of hydrogen-bond donors (Lipinski definition) is 1. The number of esters is 2. The van der Waals surface area contributed by atoms with Gasteiger partial charge in [0.05, 0.1) is 0 Å². The van der Waals surface area contributed by atoms with Gasteiger partial charge in [0.2, 0.25) is 0 Å². The summed E-state index contributed by atoms with van der Waals surface area (Å²) in [5.41, 5.74) is -0.676. The molecular weight excluding hydrogens is 484 g/mol. The van der Waals surface area contributed by atoms with Crippen molar-refractivity contribution in [1.29, 1.82) is 0 Å². The molecule has 214 valence electrons. The Morgan fingerprint density at radius 3 is 2.32 bits per heavy atom. The minimum absolute atomic E-state index is 0.0213. The number of fused-ring (bicyclic) bond motifs is 5. The SMILES string of the molecule is CC(=O)O[C@H]1CC[C@@]2(C)[C@@H](CCC3C4C[C@H](OC(C)=O)C([C@H](C)C(=O)CC[C@@H](C)CO)[C@@]4(C)C(=O)C[C@@H]32)C1. The molecule has 0 amide bonds. The molecule has 11 atom stereocenters. The normalized spacial score (nSPS) is 41.8. The van der Waals surface area contributed by atoms with Gasteiger partial charge < -0.3 is 14.6 Å². The van der Waals surface area contributed by atoms with Gasteiger partial charge in [0.15, 0.2) is 0 Å². The van der Waals surface area contributed by atoms with E-state index in [1.54, 1.807) is 0 Å². The molecule has 4 aliphatic rings. The fraction of sp³-hybridized carbons (Fsp3) is 0.871. The molecule has 38 heavy (non-hydrogen) atoms. The van der Waals surface area contributed by atoms with Crippen molar-refractivity contribution in [3.63, 3.8) is 0 Å². The Morgan fingerprint density at radius 2 is 1.68 bits per heavy atom. The van der Waals surface area contributed by atoms with Crippen LogP contribution in [0.1, 0.15) is 99.3 Å². The quantitative estimate of drug-likeness (QED) is 0.443. The molecule has 0 saturated heterocycles. The van der Waals surface area contributed by atoms with E-state index in [9.17, 15) is 24.3 Å². The first-order valence-corrected chi connectivity index (χ1v) is 14.8. The third kappa shape index (κ3) is 5.09. The summed E-state index contributed by atoms with van der Waals surface area (Å²) in [6.07, 6.45) is 6.35. The van der Waals surface area contributed by atoms with Gasteiger partial charge in [-0.15, -0.1) is 0 Å². The van der Waals surface area contributed by atoms with Gasteiger partial charge in [-0.1, -0.05) is 27.7 Å². The van der Waals surface area contributed by atoms with Crippen molar-refractivity contribution >= 4 is 23.5 Å². The molecule has 0 heterocycles. The molecule has 4 saturated carbocycles. The summed E-state index contributed by atoms with van der Waals surface area (Å²) in [6.45, 7) is 11.2. The van der Waals surface area contributed by atoms with E-state index >= 15 is 0 Å². The van der Waals surface area contributed by atoms with Crippen molar-refractivity contribution in [2.24, 2.45) is 52.3 Å². The lowest BCUT2D eigenvalue weighted by Crippen LogP contribution is -2.58. The van der Waals surface area contributed by atoms with Crippen molar-refractivity contribution in [3.05, 3.63) is 0 Å². The van der Waals surface area contributed by atoms with Crippen LogP contribution in [0.25, 0.3) is 0 Å². The van der Waals surface area contributed by atoms with E-state index in [0.717, 1.165) is 32.1 Å². The molecule has 0 spiro atoms.